The molecule has 2 aliphatic rings. The molecular formula is C11H20. The van der Waals surface area contributed by atoms with Crippen molar-refractivity contribution < 1.29 is 0 Å². The summed E-state index contributed by atoms with van der Waals surface area (Å²) in [6.07, 6.45) is 7.62. The van der Waals surface area contributed by atoms with Gasteiger partial charge in [-0.25, -0.2) is 0 Å². The third-order valence-corrected chi connectivity index (χ3v) is 3.84. The van der Waals surface area contributed by atoms with Crippen LogP contribution in [0, 0.1) is 23.7 Å². The molecule has 2 aliphatic carbocycles. The lowest BCUT2D eigenvalue weighted by Crippen LogP contribution is -2.09. The fraction of sp³-hybridized carbons (Fsp3) is 1.00. The first-order valence-corrected chi connectivity index (χ1v) is 5.27. The van der Waals surface area contributed by atoms with Crippen LogP contribution in [0.15, 0.2) is 0 Å². The van der Waals surface area contributed by atoms with Gasteiger partial charge in [0.05, 0.1) is 0 Å². The Bertz CT molecular complexity index is 135. The van der Waals surface area contributed by atoms with Gasteiger partial charge in [0.25, 0.3) is 0 Å². The van der Waals surface area contributed by atoms with Crippen LogP contribution in [0.4, 0.5) is 0 Å². The number of hydrogen-bond acceptors (Lipinski definition) is 0. The van der Waals surface area contributed by atoms with Gasteiger partial charge in [0, 0.05) is 0 Å². The maximum Gasteiger partial charge on any atom is -0.0383 e. The molecule has 2 fully saturated rings. The second-order valence-corrected chi connectivity index (χ2v) is 4.87. The average Bonchev–Trinajstić information content (AvgIpc) is 2.74. The Balaban J connectivity index is 1.84. The molecule has 0 aromatic rings. The zero-order valence-corrected chi connectivity index (χ0v) is 7.84. The Morgan fingerprint density at radius 3 is 2.09 bits per heavy atom. The molecule has 0 aromatic heterocycles. The normalized spacial score (nSPS) is 40.9. The van der Waals surface area contributed by atoms with Gasteiger partial charge >= 0.3 is 0 Å². The Kier molecular flexibility index (Phi) is 1.95. The largest absolute Gasteiger partial charge is 0.0625 e. The van der Waals surface area contributed by atoms with Crippen molar-refractivity contribution in [1.29, 1.82) is 0 Å². The first-order valence-electron chi connectivity index (χ1n) is 5.27. The smallest absolute Gasteiger partial charge is 0.0383 e. The zero-order chi connectivity index (χ0) is 7.84. The van der Waals surface area contributed by atoms with Crippen LogP contribution in [0.5, 0.6) is 0 Å². The fourth-order valence-electron chi connectivity index (χ4n) is 2.74. The summed E-state index contributed by atoms with van der Waals surface area (Å²) in [5, 5.41) is 0. The van der Waals surface area contributed by atoms with Crippen molar-refractivity contribution in [2.45, 2.75) is 46.0 Å². The molecular weight excluding hydrogens is 132 g/mol. The minimum absolute atomic E-state index is 1.03. The molecule has 0 amide bonds. The van der Waals surface area contributed by atoms with Gasteiger partial charge in [-0.05, 0) is 49.4 Å². The molecule has 11 heavy (non-hydrogen) atoms. The lowest BCUT2D eigenvalue weighted by Gasteiger charge is -2.17. The summed E-state index contributed by atoms with van der Waals surface area (Å²) < 4.78 is 0. The summed E-state index contributed by atoms with van der Waals surface area (Å²) in [6, 6.07) is 0. The minimum Gasteiger partial charge on any atom is -0.0625 e. The Labute approximate surface area is 70.4 Å². The third kappa shape index (κ3) is 1.60. The lowest BCUT2D eigenvalue weighted by atomic mass is 9.88. The molecule has 0 aromatic carbocycles. The predicted molar refractivity (Wildman–Crippen MR) is 48.4 cm³/mol. The highest BCUT2D eigenvalue weighted by Crippen LogP contribution is 2.46. The van der Waals surface area contributed by atoms with Gasteiger partial charge in [0.1, 0.15) is 0 Å². The molecule has 3 unspecified atom stereocenters. The van der Waals surface area contributed by atoms with Gasteiger partial charge in [-0.15, -0.1) is 0 Å². The van der Waals surface area contributed by atoms with E-state index in [4.69, 9.17) is 0 Å². The van der Waals surface area contributed by atoms with Gasteiger partial charge in [0.15, 0.2) is 0 Å². The van der Waals surface area contributed by atoms with E-state index in [0.29, 0.717) is 0 Å². The third-order valence-electron chi connectivity index (χ3n) is 3.84. The molecule has 0 radical (unpaired) electrons. The quantitative estimate of drug-likeness (QED) is 0.568. The topological polar surface area (TPSA) is 0 Å². The van der Waals surface area contributed by atoms with Crippen molar-refractivity contribution in [1.82, 2.24) is 0 Å². The molecule has 2 saturated carbocycles. The number of rotatable bonds is 2. The van der Waals surface area contributed by atoms with Crippen molar-refractivity contribution in [2.24, 2.45) is 23.7 Å². The first-order chi connectivity index (χ1) is 5.27. The van der Waals surface area contributed by atoms with Gasteiger partial charge in [-0.2, -0.15) is 0 Å². The SMILES string of the molecule is CC1CCC(C(C)C2CC2)C1. The van der Waals surface area contributed by atoms with Crippen LogP contribution < -0.4 is 0 Å². The van der Waals surface area contributed by atoms with Gasteiger partial charge in [-0.1, -0.05) is 20.3 Å². The maximum atomic E-state index is 2.49. The maximum absolute atomic E-state index is 2.49. The van der Waals surface area contributed by atoms with Gasteiger partial charge in [0.2, 0.25) is 0 Å². The first kappa shape index (κ1) is 7.64. The average molecular weight is 152 g/mol. The molecule has 2 rings (SSSR count). The summed E-state index contributed by atoms with van der Waals surface area (Å²) in [5.41, 5.74) is 0. The molecule has 0 aliphatic heterocycles. The molecule has 0 spiro atoms. The highest BCUT2D eigenvalue weighted by molar-refractivity contribution is 4.86. The highest BCUT2D eigenvalue weighted by Gasteiger charge is 2.35. The van der Waals surface area contributed by atoms with Crippen LogP contribution in [-0.2, 0) is 0 Å². The molecule has 0 bridgehead atoms. The van der Waals surface area contributed by atoms with E-state index in [0.717, 1.165) is 23.7 Å². The lowest BCUT2D eigenvalue weighted by molar-refractivity contribution is 0.320. The fourth-order valence-corrected chi connectivity index (χ4v) is 2.74. The van der Waals surface area contributed by atoms with E-state index < -0.39 is 0 Å². The Morgan fingerprint density at radius 1 is 1.00 bits per heavy atom. The van der Waals surface area contributed by atoms with Crippen LogP contribution in [-0.4, -0.2) is 0 Å². The summed E-state index contributed by atoms with van der Waals surface area (Å²) in [4.78, 5) is 0. The van der Waals surface area contributed by atoms with Gasteiger partial charge < -0.3 is 0 Å². The molecule has 0 nitrogen and oxygen atoms in total. The van der Waals surface area contributed by atoms with Crippen molar-refractivity contribution in [3.63, 3.8) is 0 Å². The van der Waals surface area contributed by atoms with Crippen molar-refractivity contribution in [2.75, 3.05) is 0 Å². The highest BCUT2D eigenvalue weighted by atomic mass is 14.4. The molecule has 0 saturated heterocycles. The molecule has 64 valence electrons. The second-order valence-electron chi connectivity index (χ2n) is 4.87. The summed E-state index contributed by atoms with van der Waals surface area (Å²) in [5.74, 6) is 4.31. The molecule has 0 heterocycles. The van der Waals surface area contributed by atoms with E-state index in [1.54, 1.807) is 0 Å². The van der Waals surface area contributed by atoms with Crippen LogP contribution in [0.3, 0.4) is 0 Å². The summed E-state index contributed by atoms with van der Waals surface area (Å²) in [7, 11) is 0. The van der Waals surface area contributed by atoms with Gasteiger partial charge in [-0.3, -0.25) is 0 Å². The summed E-state index contributed by atoms with van der Waals surface area (Å²) in [6.45, 7) is 4.90. The predicted octanol–water partition coefficient (Wildman–Crippen LogP) is 3.47. The monoisotopic (exact) mass is 152 g/mol. The summed E-state index contributed by atoms with van der Waals surface area (Å²) >= 11 is 0. The van der Waals surface area contributed by atoms with Crippen molar-refractivity contribution in [3.05, 3.63) is 0 Å². The molecule has 0 N–H and O–H groups in total. The van der Waals surface area contributed by atoms with Crippen LogP contribution in [0.25, 0.3) is 0 Å². The van der Waals surface area contributed by atoms with Crippen LogP contribution in [0.2, 0.25) is 0 Å². The van der Waals surface area contributed by atoms with E-state index in [-0.39, 0.29) is 0 Å². The van der Waals surface area contributed by atoms with Crippen LogP contribution >= 0.6 is 0 Å². The zero-order valence-electron chi connectivity index (χ0n) is 7.84. The van der Waals surface area contributed by atoms with E-state index in [1.807, 2.05) is 0 Å². The Hall–Kier alpha value is 0. The van der Waals surface area contributed by atoms with E-state index in [2.05, 4.69) is 13.8 Å². The van der Waals surface area contributed by atoms with Crippen molar-refractivity contribution >= 4 is 0 Å². The second kappa shape index (κ2) is 2.80. The van der Waals surface area contributed by atoms with E-state index in [9.17, 15) is 0 Å². The van der Waals surface area contributed by atoms with E-state index >= 15 is 0 Å². The standard InChI is InChI=1S/C11H20/c1-8-3-4-11(7-8)9(2)10-5-6-10/h8-11H,3-7H2,1-2H3. The van der Waals surface area contributed by atoms with E-state index in [1.165, 1.54) is 32.1 Å². The van der Waals surface area contributed by atoms with Crippen molar-refractivity contribution in [3.8, 4) is 0 Å². The van der Waals surface area contributed by atoms with Crippen LogP contribution in [0.1, 0.15) is 46.0 Å². The minimum atomic E-state index is 1.03. The molecule has 3 atom stereocenters. The number of hydrogen-bond donors (Lipinski definition) is 0. The molecule has 0 heteroatoms. The Morgan fingerprint density at radius 2 is 1.64 bits per heavy atom.